The molecule has 0 aliphatic carbocycles. The first kappa shape index (κ1) is 19.8. The van der Waals surface area contributed by atoms with Crippen LogP contribution in [0.5, 0.6) is 5.75 Å². The lowest BCUT2D eigenvalue weighted by atomic mass is 10.2. The van der Waals surface area contributed by atoms with E-state index in [1.165, 1.54) is 29.9 Å². The predicted molar refractivity (Wildman–Crippen MR) is 115 cm³/mol. The van der Waals surface area contributed by atoms with Crippen molar-refractivity contribution in [1.29, 1.82) is 0 Å². The van der Waals surface area contributed by atoms with Gasteiger partial charge in [0.1, 0.15) is 16.3 Å². The Kier molecular flexibility index (Phi) is 5.89. The summed E-state index contributed by atoms with van der Waals surface area (Å²) in [6.07, 6.45) is 4.35. The van der Waals surface area contributed by atoms with Gasteiger partial charge in [-0.1, -0.05) is 6.07 Å². The Morgan fingerprint density at radius 3 is 2.70 bits per heavy atom. The minimum Gasteiger partial charge on any atom is -0.497 e. The van der Waals surface area contributed by atoms with Gasteiger partial charge in [0.05, 0.1) is 19.0 Å². The van der Waals surface area contributed by atoms with Crippen molar-refractivity contribution in [2.45, 2.75) is 0 Å². The van der Waals surface area contributed by atoms with E-state index in [4.69, 9.17) is 4.74 Å². The number of ether oxygens (including phenoxy) is 1. The summed E-state index contributed by atoms with van der Waals surface area (Å²) in [6, 6.07) is 9.65. The zero-order chi connectivity index (χ0) is 20.9. The predicted octanol–water partition coefficient (Wildman–Crippen LogP) is 2.76. The topological polar surface area (TPSA) is 87.7 Å². The number of piperazine rings is 1. The van der Waals surface area contributed by atoms with Crippen LogP contribution in [0.25, 0.3) is 0 Å². The van der Waals surface area contributed by atoms with Crippen molar-refractivity contribution < 1.29 is 14.3 Å². The van der Waals surface area contributed by atoms with Gasteiger partial charge < -0.3 is 19.9 Å². The summed E-state index contributed by atoms with van der Waals surface area (Å²) in [4.78, 5) is 37.9. The average Bonchev–Trinajstić information content (AvgIpc) is 3.27. The third kappa shape index (κ3) is 4.25. The highest BCUT2D eigenvalue weighted by Crippen LogP contribution is 2.26. The molecule has 1 aliphatic heterocycles. The third-order valence-electron chi connectivity index (χ3n) is 4.89. The van der Waals surface area contributed by atoms with Gasteiger partial charge in [0.2, 0.25) is 0 Å². The van der Waals surface area contributed by atoms with Gasteiger partial charge in [-0.25, -0.2) is 4.98 Å². The standard InChI is InChI=1S/C21H21N5O3S/c1-29-16-4-2-3-15(13-16)25-8-10-26(11-9-25)21(28)19-17(5-12-30-19)24-20(27)18-14-22-6-7-23-18/h2-7,12-14H,8-11H2,1H3,(H,24,27). The van der Waals surface area contributed by atoms with E-state index in [1.54, 1.807) is 18.6 Å². The maximum absolute atomic E-state index is 13.1. The molecule has 1 aromatic carbocycles. The van der Waals surface area contributed by atoms with E-state index in [-0.39, 0.29) is 11.6 Å². The number of thiophene rings is 1. The van der Waals surface area contributed by atoms with Crippen LogP contribution in [0.1, 0.15) is 20.2 Å². The maximum Gasteiger partial charge on any atom is 0.275 e. The fraction of sp³-hybridized carbons (Fsp3) is 0.238. The van der Waals surface area contributed by atoms with Crippen molar-refractivity contribution in [2.24, 2.45) is 0 Å². The lowest BCUT2D eigenvalue weighted by molar-refractivity contribution is 0.0752. The Bertz CT molecular complexity index is 1030. The zero-order valence-electron chi connectivity index (χ0n) is 16.4. The SMILES string of the molecule is COc1cccc(N2CCN(C(=O)c3sccc3NC(=O)c3cnccn3)CC2)c1. The molecule has 4 rings (SSSR count). The fourth-order valence-corrected chi connectivity index (χ4v) is 4.11. The van der Waals surface area contributed by atoms with E-state index >= 15 is 0 Å². The molecule has 0 spiro atoms. The van der Waals surface area contributed by atoms with E-state index in [1.807, 2.05) is 29.2 Å². The largest absolute Gasteiger partial charge is 0.497 e. The molecule has 2 amide bonds. The monoisotopic (exact) mass is 423 g/mol. The first-order chi connectivity index (χ1) is 14.7. The third-order valence-corrected chi connectivity index (χ3v) is 5.79. The highest BCUT2D eigenvalue weighted by molar-refractivity contribution is 7.12. The lowest BCUT2D eigenvalue weighted by Gasteiger charge is -2.36. The molecule has 0 radical (unpaired) electrons. The van der Waals surface area contributed by atoms with Gasteiger partial charge in [-0.3, -0.25) is 14.6 Å². The molecule has 1 aliphatic rings. The van der Waals surface area contributed by atoms with E-state index in [0.717, 1.165) is 24.5 Å². The summed E-state index contributed by atoms with van der Waals surface area (Å²) in [5.74, 6) is 0.344. The summed E-state index contributed by atoms with van der Waals surface area (Å²) in [7, 11) is 1.65. The van der Waals surface area contributed by atoms with Crippen molar-refractivity contribution >= 4 is 34.5 Å². The zero-order valence-corrected chi connectivity index (χ0v) is 17.3. The fourth-order valence-electron chi connectivity index (χ4n) is 3.29. The van der Waals surface area contributed by atoms with E-state index < -0.39 is 5.91 Å². The van der Waals surface area contributed by atoms with Gasteiger partial charge in [0, 0.05) is 50.3 Å². The first-order valence-electron chi connectivity index (χ1n) is 9.49. The van der Waals surface area contributed by atoms with E-state index in [2.05, 4.69) is 20.2 Å². The molecule has 0 bridgehead atoms. The van der Waals surface area contributed by atoms with Crippen LogP contribution < -0.4 is 15.0 Å². The molecule has 0 unspecified atom stereocenters. The van der Waals surface area contributed by atoms with E-state index in [0.29, 0.717) is 23.7 Å². The molecule has 8 nitrogen and oxygen atoms in total. The molecular weight excluding hydrogens is 402 g/mol. The second-order valence-corrected chi connectivity index (χ2v) is 7.61. The Hall–Kier alpha value is -3.46. The average molecular weight is 423 g/mol. The number of methoxy groups -OCH3 is 1. The maximum atomic E-state index is 13.1. The number of amides is 2. The number of nitrogens with one attached hydrogen (secondary N) is 1. The highest BCUT2D eigenvalue weighted by Gasteiger charge is 2.26. The van der Waals surface area contributed by atoms with Crippen molar-refractivity contribution in [3.05, 3.63) is 64.9 Å². The number of rotatable bonds is 5. The van der Waals surface area contributed by atoms with Gasteiger partial charge in [0.15, 0.2) is 0 Å². The molecule has 30 heavy (non-hydrogen) atoms. The second-order valence-electron chi connectivity index (χ2n) is 6.69. The molecule has 3 aromatic rings. The second kappa shape index (κ2) is 8.91. The molecular formula is C21H21N5O3S. The quantitative estimate of drug-likeness (QED) is 0.679. The number of hydrogen-bond donors (Lipinski definition) is 1. The number of anilines is 2. The number of hydrogen-bond acceptors (Lipinski definition) is 7. The minimum absolute atomic E-state index is 0.0789. The molecule has 9 heteroatoms. The van der Waals surface area contributed by atoms with Gasteiger partial charge in [-0.15, -0.1) is 11.3 Å². The van der Waals surface area contributed by atoms with Gasteiger partial charge in [0.25, 0.3) is 11.8 Å². The molecule has 1 N–H and O–H groups in total. The molecule has 2 aromatic heterocycles. The lowest BCUT2D eigenvalue weighted by Crippen LogP contribution is -2.48. The molecule has 0 atom stereocenters. The van der Waals surface area contributed by atoms with Crippen LogP contribution in [-0.2, 0) is 0 Å². The van der Waals surface area contributed by atoms with Crippen LogP contribution >= 0.6 is 11.3 Å². The van der Waals surface area contributed by atoms with Crippen LogP contribution in [0.4, 0.5) is 11.4 Å². The van der Waals surface area contributed by atoms with Gasteiger partial charge in [-0.2, -0.15) is 0 Å². The minimum atomic E-state index is -0.390. The summed E-state index contributed by atoms with van der Waals surface area (Å²) >= 11 is 1.32. The highest BCUT2D eigenvalue weighted by atomic mass is 32.1. The molecule has 1 fully saturated rings. The van der Waals surface area contributed by atoms with Crippen LogP contribution in [0.15, 0.2) is 54.3 Å². The smallest absolute Gasteiger partial charge is 0.275 e. The number of carbonyl (C=O) groups excluding carboxylic acids is 2. The molecule has 1 saturated heterocycles. The van der Waals surface area contributed by atoms with E-state index in [9.17, 15) is 9.59 Å². The first-order valence-corrected chi connectivity index (χ1v) is 10.4. The number of carbonyl (C=O) groups is 2. The number of benzene rings is 1. The summed E-state index contributed by atoms with van der Waals surface area (Å²) in [5, 5.41) is 4.57. The summed E-state index contributed by atoms with van der Waals surface area (Å²) in [5.41, 5.74) is 1.78. The molecule has 154 valence electrons. The number of nitrogens with zero attached hydrogens (tertiary/aromatic N) is 4. The number of aromatic nitrogens is 2. The molecule has 0 saturated carbocycles. The Balaban J connectivity index is 1.40. The van der Waals surface area contributed by atoms with Crippen LogP contribution in [0, 0.1) is 0 Å². The van der Waals surface area contributed by atoms with Crippen LogP contribution in [0.3, 0.4) is 0 Å². The summed E-state index contributed by atoms with van der Waals surface area (Å²) < 4.78 is 5.30. The van der Waals surface area contributed by atoms with Crippen molar-refractivity contribution in [3.8, 4) is 5.75 Å². The van der Waals surface area contributed by atoms with Gasteiger partial charge >= 0.3 is 0 Å². The van der Waals surface area contributed by atoms with Crippen LogP contribution in [0.2, 0.25) is 0 Å². The van der Waals surface area contributed by atoms with Gasteiger partial charge in [-0.05, 0) is 23.6 Å². The Morgan fingerprint density at radius 1 is 1.13 bits per heavy atom. The van der Waals surface area contributed by atoms with Crippen molar-refractivity contribution in [3.63, 3.8) is 0 Å². The Morgan fingerprint density at radius 2 is 1.97 bits per heavy atom. The summed E-state index contributed by atoms with van der Waals surface area (Å²) in [6.45, 7) is 2.66. The normalized spacial score (nSPS) is 13.8. The van der Waals surface area contributed by atoms with Crippen molar-refractivity contribution in [2.75, 3.05) is 43.5 Å². The van der Waals surface area contributed by atoms with Crippen LogP contribution in [-0.4, -0.2) is 60.0 Å². The Labute approximate surface area is 178 Å². The molecule has 3 heterocycles. The van der Waals surface area contributed by atoms with Crippen molar-refractivity contribution in [1.82, 2.24) is 14.9 Å².